The summed E-state index contributed by atoms with van der Waals surface area (Å²) in [5.74, 6) is -1.71. The van der Waals surface area contributed by atoms with E-state index < -0.39 is 23.8 Å². The zero-order valence-electron chi connectivity index (χ0n) is 19.7. The second-order valence-corrected chi connectivity index (χ2v) is 8.73. The molecule has 0 radical (unpaired) electrons. The molecule has 0 atom stereocenters. The summed E-state index contributed by atoms with van der Waals surface area (Å²) < 4.78 is 12.6. The van der Waals surface area contributed by atoms with Crippen molar-refractivity contribution < 1.29 is 33.8 Å². The maximum atomic E-state index is 13.4. The van der Waals surface area contributed by atoms with Gasteiger partial charge < -0.3 is 19.1 Å². The number of carboxylic acid groups (broad SMARTS) is 1. The summed E-state index contributed by atoms with van der Waals surface area (Å²) in [6.45, 7) is 0.403. The number of anilines is 1. The van der Waals surface area contributed by atoms with Crippen LogP contribution in [0.15, 0.2) is 78.5 Å². The molecule has 0 spiro atoms. The van der Waals surface area contributed by atoms with Crippen molar-refractivity contribution >= 4 is 46.5 Å². The first kappa shape index (κ1) is 23.0. The minimum absolute atomic E-state index is 0.0350. The number of aromatic nitrogens is 1. The molecule has 2 N–H and O–H groups in total. The Labute approximate surface area is 215 Å². The van der Waals surface area contributed by atoms with Gasteiger partial charge in [0.2, 0.25) is 6.79 Å². The van der Waals surface area contributed by atoms with E-state index in [1.54, 1.807) is 24.4 Å². The normalized spacial score (nSPS) is 15.8. The third-order valence-corrected chi connectivity index (χ3v) is 6.36. The van der Waals surface area contributed by atoms with Crippen LogP contribution in [0, 0.1) is 0 Å². The average molecular weight is 509 g/mol. The SMILES string of the molecule is O=C1NC(=O)N(c2ccc3c(c2)OCO3)C(=O)/C1=C/c1cn(Cc2cccc(C(=O)O)c2)c2ccccc12. The Bertz CT molecular complexity index is 1700. The minimum Gasteiger partial charge on any atom is -0.478 e. The number of nitrogens with zero attached hydrogens (tertiary/aromatic N) is 2. The highest BCUT2D eigenvalue weighted by Gasteiger charge is 2.37. The lowest BCUT2D eigenvalue weighted by atomic mass is 10.1. The van der Waals surface area contributed by atoms with Gasteiger partial charge in [0, 0.05) is 35.3 Å². The number of carboxylic acids is 1. The van der Waals surface area contributed by atoms with Gasteiger partial charge in [0.25, 0.3) is 11.8 Å². The highest BCUT2D eigenvalue weighted by atomic mass is 16.7. The predicted molar refractivity (Wildman–Crippen MR) is 136 cm³/mol. The Morgan fingerprint density at radius 3 is 2.63 bits per heavy atom. The smallest absolute Gasteiger partial charge is 0.335 e. The quantitative estimate of drug-likeness (QED) is 0.310. The zero-order valence-corrected chi connectivity index (χ0v) is 19.7. The number of imide groups is 2. The van der Waals surface area contributed by atoms with Crippen molar-refractivity contribution in [1.82, 2.24) is 9.88 Å². The van der Waals surface area contributed by atoms with Crippen LogP contribution in [-0.4, -0.2) is 40.3 Å². The van der Waals surface area contributed by atoms with Crippen LogP contribution in [0.2, 0.25) is 0 Å². The largest absolute Gasteiger partial charge is 0.478 e. The molecule has 2 aliphatic rings. The fourth-order valence-electron chi connectivity index (χ4n) is 4.59. The summed E-state index contributed by atoms with van der Waals surface area (Å²) in [6.07, 6.45) is 3.24. The molecule has 0 saturated carbocycles. The third kappa shape index (κ3) is 3.94. The van der Waals surface area contributed by atoms with Crippen LogP contribution in [0.25, 0.3) is 17.0 Å². The Kier molecular flexibility index (Phi) is 5.42. The Morgan fingerprint density at radius 2 is 1.79 bits per heavy atom. The summed E-state index contributed by atoms with van der Waals surface area (Å²) in [6, 6.07) is 17.8. The molecule has 10 nitrogen and oxygen atoms in total. The number of fused-ring (bicyclic) bond motifs is 2. The van der Waals surface area contributed by atoms with Gasteiger partial charge in [-0.15, -0.1) is 0 Å². The van der Waals surface area contributed by atoms with Crippen molar-refractivity contribution in [3.05, 3.63) is 95.2 Å². The second kappa shape index (κ2) is 8.93. The second-order valence-electron chi connectivity index (χ2n) is 8.73. The van der Waals surface area contributed by atoms with Crippen LogP contribution < -0.4 is 19.7 Å². The molecular weight excluding hydrogens is 490 g/mol. The number of barbiturate groups is 1. The monoisotopic (exact) mass is 509 g/mol. The van der Waals surface area contributed by atoms with Crippen molar-refractivity contribution in [3.8, 4) is 11.5 Å². The lowest BCUT2D eigenvalue weighted by molar-refractivity contribution is -0.122. The molecular formula is C28H19N3O7. The third-order valence-electron chi connectivity index (χ3n) is 6.36. The number of amides is 4. The number of nitrogens with one attached hydrogen (secondary N) is 1. The van der Waals surface area contributed by atoms with E-state index in [1.807, 2.05) is 34.9 Å². The molecule has 1 aromatic heterocycles. The van der Waals surface area contributed by atoms with Crippen molar-refractivity contribution in [2.24, 2.45) is 0 Å². The van der Waals surface area contributed by atoms with Gasteiger partial charge >= 0.3 is 12.0 Å². The van der Waals surface area contributed by atoms with Gasteiger partial charge in [-0.3, -0.25) is 14.9 Å². The zero-order chi connectivity index (χ0) is 26.4. The molecule has 3 aromatic carbocycles. The van der Waals surface area contributed by atoms with Gasteiger partial charge in [-0.05, 0) is 42.0 Å². The highest BCUT2D eigenvalue weighted by molar-refractivity contribution is 6.39. The molecule has 38 heavy (non-hydrogen) atoms. The number of ether oxygens (including phenoxy) is 2. The van der Waals surface area contributed by atoms with Gasteiger partial charge in [0.05, 0.1) is 11.3 Å². The van der Waals surface area contributed by atoms with E-state index >= 15 is 0 Å². The topological polar surface area (TPSA) is 127 Å². The number of hydrogen-bond acceptors (Lipinski definition) is 6. The molecule has 3 heterocycles. The molecule has 10 heteroatoms. The standard InChI is InChI=1S/C28H19N3O7/c32-25-21(26(33)31(28(36)29-25)19-8-9-23-24(12-19)38-15-37-23)11-18-14-30(22-7-2-1-6-20(18)22)13-16-4-3-5-17(10-16)27(34)35/h1-12,14H,13,15H2,(H,34,35)(H,29,32,36)/b21-11+. The number of urea groups is 1. The van der Waals surface area contributed by atoms with E-state index in [1.165, 1.54) is 24.3 Å². The Balaban J connectivity index is 1.39. The molecule has 2 aliphatic heterocycles. The van der Waals surface area contributed by atoms with Crippen LogP contribution in [0.1, 0.15) is 21.5 Å². The summed E-state index contributed by atoms with van der Waals surface area (Å²) in [5.41, 5.74) is 2.39. The highest BCUT2D eigenvalue weighted by Crippen LogP contribution is 2.36. The first-order valence-electron chi connectivity index (χ1n) is 11.6. The average Bonchev–Trinajstić information content (AvgIpc) is 3.51. The molecule has 6 rings (SSSR count). The van der Waals surface area contributed by atoms with Crippen LogP contribution in [0.3, 0.4) is 0 Å². The van der Waals surface area contributed by atoms with E-state index in [9.17, 15) is 24.3 Å². The maximum absolute atomic E-state index is 13.4. The van der Waals surface area contributed by atoms with E-state index in [2.05, 4.69) is 5.32 Å². The van der Waals surface area contributed by atoms with Crippen molar-refractivity contribution in [1.29, 1.82) is 0 Å². The molecule has 1 fully saturated rings. The first-order chi connectivity index (χ1) is 18.4. The van der Waals surface area contributed by atoms with Gasteiger partial charge in [-0.25, -0.2) is 14.5 Å². The van der Waals surface area contributed by atoms with Crippen LogP contribution >= 0.6 is 0 Å². The minimum atomic E-state index is -1.02. The fraction of sp³-hybridized carbons (Fsp3) is 0.0714. The number of rotatable bonds is 5. The summed E-state index contributed by atoms with van der Waals surface area (Å²) in [5, 5.41) is 12.3. The van der Waals surface area contributed by atoms with E-state index in [0.29, 0.717) is 23.6 Å². The summed E-state index contributed by atoms with van der Waals surface area (Å²) in [7, 11) is 0. The number of aromatic carboxylic acids is 1. The fourth-order valence-corrected chi connectivity index (χ4v) is 4.59. The lowest BCUT2D eigenvalue weighted by Crippen LogP contribution is -2.54. The maximum Gasteiger partial charge on any atom is 0.335 e. The van der Waals surface area contributed by atoms with E-state index in [4.69, 9.17) is 9.47 Å². The molecule has 4 aromatic rings. The number of benzene rings is 3. The number of para-hydroxylation sites is 1. The molecule has 188 valence electrons. The number of hydrogen-bond donors (Lipinski definition) is 2. The van der Waals surface area contributed by atoms with Crippen molar-refractivity contribution in [2.75, 3.05) is 11.7 Å². The number of carbonyl (C=O) groups excluding carboxylic acids is 3. The van der Waals surface area contributed by atoms with E-state index in [-0.39, 0.29) is 23.6 Å². The van der Waals surface area contributed by atoms with Crippen LogP contribution in [0.5, 0.6) is 11.5 Å². The summed E-state index contributed by atoms with van der Waals surface area (Å²) >= 11 is 0. The van der Waals surface area contributed by atoms with Gasteiger partial charge in [0.1, 0.15) is 5.57 Å². The molecule has 0 aliphatic carbocycles. The van der Waals surface area contributed by atoms with Crippen molar-refractivity contribution in [3.63, 3.8) is 0 Å². The molecule has 0 unspecified atom stereocenters. The van der Waals surface area contributed by atoms with Gasteiger partial charge in [-0.1, -0.05) is 30.3 Å². The van der Waals surface area contributed by atoms with Crippen molar-refractivity contribution in [2.45, 2.75) is 6.54 Å². The number of carbonyl (C=O) groups is 4. The molecule has 4 amide bonds. The van der Waals surface area contributed by atoms with Gasteiger partial charge in [0.15, 0.2) is 11.5 Å². The van der Waals surface area contributed by atoms with E-state index in [0.717, 1.165) is 21.4 Å². The predicted octanol–water partition coefficient (Wildman–Crippen LogP) is 3.78. The summed E-state index contributed by atoms with van der Waals surface area (Å²) in [4.78, 5) is 51.1. The Morgan fingerprint density at radius 1 is 0.974 bits per heavy atom. The van der Waals surface area contributed by atoms with Gasteiger partial charge in [-0.2, -0.15) is 0 Å². The Hall–Kier alpha value is -5.38. The molecule has 0 bridgehead atoms. The lowest BCUT2D eigenvalue weighted by Gasteiger charge is -2.26. The van der Waals surface area contributed by atoms with Crippen LogP contribution in [0.4, 0.5) is 10.5 Å². The van der Waals surface area contributed by atoms with Crippen LogP contribution in [-0.2, 0) is 16.1 Å². The first-order valence-corrected chi connectivity index (χ1v) is 11.6. The molecule has 1 saturated heterocycles.